The highest BCUT2D eigenvalue weighted by molar-refractivity contribution is 9.10. The zero-order chi connectivity index (χ0) is 11.6. The van der Waals surface area contributed by atoms with Crippen molar-refractivity contribution in [3.05, 3.63) is 28.2 Å². The smallest absolute Gasteiger partial charge is 0.126 e. The van der Waals surface area contributed by atoms with Crippen molar-refractivity contribution in [2.75, 3.05) is 20.2 Å². The first kappa shape index (κ1) is 11.9. The summed E-state index contributed by atoms with van der Waals surface area (Å²) in [5, 5.41) is 13.9. The molecule has 1 atom stereocenters. The van der Waals surface area contributed by atoms with Crippen LogP contribution < -0.4 is 10.1 Å². The molecule has 2 rings (SSSR count). The molecular formula is C12H16BrNO2. The molecule has 1 saturated heterocycles. The molecule has 0 bridgehead atoms. The minimum atomic E-state index is -0.830. The minimum absolute atomic E-state index is 0.575. The lowest BCUT2D eigenvalue weighted by atomic mass is 9.86. The molecule has 2 N–H and O–H groups in total. The lowest BCUT2D eigenvalue weighted by molar-refractivity contribution is 0.00956. The Balaban J connectivity index is 2.44. The predicted octanol–water partition coefficient (Wildman–Crippen LogP) is 2.03. The van der Waals surface area contributed by atoms with Crippen molar-refractivity contribution in [1.82, 2.24) is 5.32 Å². The van der Waals surface area contributed by atoms with Gasteiger partial charge in [-0.1, -0.05) is 22.0 Å². The van der Waals surface area contributed by atoms with Gasteiger partial charge in [0, 0.05) is 16.6 Å². The fourth-order valence-electron chi connectivity index (χ4n) is 2.23. The summed E-state index contributed by atoms with van der Waals surface area (Å²) in [6.45, 7) is 1.54. The number of hydrogen-bond acceptors (Lipinski definition) is 3. The Hall–Kier alpha value is -0.580. The van der Waals surface area contributed by atoms with Gasteiger partial charge >= 0.3 is 0 Å². The molecule has 0 radical (unpaired) electrons. The van der Waals surface area contributed by atoms with E-state index in [1.54, 1.807) is 7.11 Å². The van der Waals surface area contributed by atoms with Gasteiger partial charge in [0.15, 0.2) is 0 Å². The number of hydrogen-bond donors (Lipinski definition) is 2. The van der Waals surface area contributed by atoms with Gasteiger partial charge in [0.1, 0.15) is 11.4 Å². The maximum Gasteiger partial charge on any atom is 0.126 e. The molecule has 1 heterocycles. The van der Waals surface area contributed by atoms with Crippen LogP contribution in [0.2, 0.25) is 0 Å². The van der Waals surface area contributed by atoms with E-state index in [2.05, 4.69) is 21.2 Å². The maximum absolute atomic E-state index is 10.7. The topological polar surface area (TPSA) is 41.5 Å². The summed E-state index contributed by atoms with van der Waals surface area (Å²) in [6, 6.07) is 5.73. The van der Waals surface area contributed by atoms with Gasteiger partial charge in [-0.25, -0.2) is 0 Å². The molecule has 1 aliphatic heterocycles. The molecule has 1 aliphatic rings. The van der Waals surface area contributed by atoms with Crippen molar-refractivity contribution in [2.24, 2.45) is 0 Å². The first-order valence-corrected chi connectivity index (χ1v) is 6.23. The number of halogens is 1. The second kappa shape index (κ2) is 4.73. The first-order chi connectivity index (χ1) is 7.67. The quantitative estimate of drug-likeness (QED) is 0.874. The summed E-state index contributed by atoms with van der Waals surface area (Å²) in [6.07, 6.45) is 1.74. The van der Waals surface area contributed by atoms with E-state index in [-0.39, 0.29) is 0 Å². The van der Waals surface area contributed by atoms with E-state index in [1.165, 1.54) is 0 Å². The molecule has 0 aliphatic carbocycles. The summed E-state index contributed by atoms with van der Waals surface area (Å²) in [7, 11) is 1.63. The Morgan fingerprint density at radius 2 is 2.31 bits per heavy atom. The Kier molecular flexibility index (Phi) is 3.52. The number of benzene rings is 1. The number of aliphatic hydroxyl groups is 1. The molecule has 1 aromatic rings. The Labute approximate surface area is 104 Å². The second-order valence-electron chi connectivity index (χ2n) is 4.13. The summed E-state index contributed by atoms with van der Waals surface area (Å²) >= 11 is 3.49. The highest BCUT2D eigenvalue weighted by atomic mass is 79.9. The third-order valence-corrected chi connectivity index (χ3v) is 3.68. The standard InChI is InChI=1S/C12H16BrNO2/c1-16-10-5-2-4-9(13)11(10)12(15)6-3-7-14-8-12/h2,4-5,14-15H,3,6-8H2,1H3. The van der Waals surface area contributed by atoms with Crippen molar-refractivity contribution in [3.8, 4) is 5.75 Å². The maximum atomic E-state index is 10.7. The summed E-state index contributed by atoms with van der Waals surface area (Å²) < 4.78 is 6.23. The first-order valence-electron chi connectivity index (χ1n) is 5.43. The number of nitrogens with one attached hydrogen (secondary N) is 1. The zero-order valence-electron chi connectivity index (χ0n) is 9.29. The van der Waals surface area contributed by atoms with Crippen LogP contribution in [0.3, 0.4) is 0 Å². The van der Waals surface area contributed by atoms with Crippen molar-refractivity contribution >= 4 is 15.9 Å². The summed E-state index contributed by atoms with van der Waals surface area (Å²) in [5.74, 6) is 0.737. The van der Waals surface area contributed by atoms with Crippen LogP contribution >= 0.6 is 15.9 Å². The highest BCUT2D eigenvalue weighted by Gasteiger charge is 2.35. The second-order valence-corrected chi connectivity index (χ2v) is 4.98. The molecular weight excluding hydrogens is 270 g/mol. The third kappa shape index (κ3) is 2.10. The van der Waals surface area contributed by atoms with Crippen LogP contribution in [0.4, 0.5) is 0 Å². The molecule has 4 heteroatoms. The van der Waals surface area contributed by atoms with E-state index in [0.29, 0.717) is 6.54 Å². The molecule has 3 nitrogen and oxygen atoms in total. The SMILES string of the molecule is COc1cccc(Br)c1C1(O)CCCNC1. The van der Waals surface area contributed by atoms with E-state index in [1.807, 2.05) is 18.2 Å². The van der Waals surface area contributed by atoms with Gasteiger partial charge in [0.05, 0.1) is 7.11 Å². The Morgan fingerprint density at radius 3 is 2.94 bits per heavy atom. The van der Waals surface area contributed by atoms with Crippen molar-refractivity contribution in [2.45, 2.75) is 18.4 Å². The normalized spacial score (nSPS) is 25.4. The van der Waals surface area contributed by atoms with Crippen LogP contribution in [0.1, 0.15) is 18.4 Å². The molecule has 1 fully saturated rings. The molecule has 88 valence electrons. The van der Waals surface area contributed by atoms with Gasteiger partial charge < -0.3 is 15.2 Å². The fraction of sp³-hybridized carbons (Fsp3) is 0.500. The van der Waals surface area contributed by atoms with Gasteiger partial charge in [0.2, 0.25) is 0 Å². The molecule has 0 saturated carbocycles. The molecule has 0 spiro atoms. The minimum Gasteiger partial charge on any atom is -0.496 e. The molecule has 1 aromatic carbocycles. The van der Waals surface area contributed by atoms with Crippen LogP contribution in [0.15, 0.2) is 22.7 Å². The van der Waals surface area contributed by atoms with Crippen molar-refractivity contribution < 1.29 is 9.84 Å². The lowest BCUT2D eigenvalue weighted by Gasteiger charge is -2.34. The summed E-state index contributed by atoms with van der Waals surface area (Å²) in [4.78, 5) is 0. The van der Waals surface area contributed by atoms with Crippen molar-refractivity contribution in [3.63, 3.8) is 0 Å². The number of ether oxygens (including phenoxy) is 1. The zero-order valence-corrected chi connectivity index (χ0v) is 10.9. The van der Waals surface area contributed by atoms with Gasteiger partial charge in [-0.15, -0.1) is 0 Å². The Bertz CT molecular complexity index is 375. The van der Waals surface area contributed by atoms with Gasteiger partial charge in [0.25, 0.3) is 0 Å². The monoisotopic (exact) mass is 285 g/mol. The van der Waals surface area contributed by atoms with E-state index >= 15 is 0 Å². The number of piperidine rings is 1. The fourth-order valence-corrected chi connectivity index (χ4v) is 2.95. The van der Waals surface area contributed by atoms with Crippen LogP contribution in [0, 0.1) is 0 Å². The molecule has 1 unspecified atom stereocenters. The van der Waals surface area contributed by atoms with Crippen LogP contribution in [-0.2, 0) is 5.60 Å². The number of rotatable bonds is 2. The van der Waals surface area contributed by atoms with Gasteiger partial charge in [-0.2, -0.15) is 0 Å². The van der Waals surface area contributed by atoms with Crippen LogP contribution in [-0.4, -0.2) is 25.3 Å². The highest BCUT2D eigenvalue weighted by Crippen LogP contribution is 2.39. The predicted molar refractivity (Wildman–Crippen MR) is 66.7 cm³/mol. The molecule has 0 amide bonds. The van der Waals surface area contributed by atoms with Gasteiger partial charge in [-0.3, -0.25) is 0 Å². The third-order valence-electron chi connectivity index (χ3n) is 3.02. The number of methoxy groups -OCH3 is 1. The molecule has 0 aromatic heterocycles. The van der Waals surface area contributed by atoms with Crippen LogP contribution in [0.25, 0.3) is 0 Å². The van der Waals surface area contributed by atoms with Crippen molar-refractivity contribution in [1.29, 1.82) is 0 Å². The summed E-state index contributed by atoms with van der Waals surface area (Å²) in [5.41, 5.74) is 0.0219. The largest absolute Gasteiger partial charge is 0.496 e. The van der Waals surface area contributed by atoms with Crippen LogP contribution in [0.5, 0.6) is 5.75 Å². The average Bonchev–Trinajstić information content (AvgIpc) is 2.29. The Morgan fingerprint density at radius 1 is 1.50 bits per heavy atom. The number of β-amino-alcohol motifs (C(OH)–C–C–N with tert-alkyl or cyclic N) is 1. The van der Waals surface area contributed by atoms with E-state index in [4.69, 9.17) is 4.74 Å². The van der Waals surface area contributed by atoms with E-state index < -0.39 is 5.60 Å². The van der Waals surface area contributed by atoms with E-state index in [9.17, 15) is 5.11 Å². The molecule has 16 heavy (non-hydrogen) atoms. The van der Waals surface area contributed by atoms with Gasteiger partial charge in [-0.05, 0) is 31.5 Å². The van der Waals surface area contributed by atoms with E-state index in [0.717, 1.165) is 35.2 Å². The average molecular weight is 286 g/mol. The lowest BCUT2D eigenvalue weighted by Crippen LogP contribution is -2.43.